The number of anilines is 1. The molecule has 0 spiro atoms. The first-order chi connectivity index (χ1) is 24.2. The molecule has 0 aliphatic heterocycles. The van der Waals surface area contributed by atoms with Crippen LogP contribution < -0.4 is 10.1 Å². The van der Waals surface area contributed by atoms with Crippen LogP contribution in [0.4, 0.5) is 5.69 Å². The average molecular weight is 672 g/mol. The van der Waals surface area contributed by atoms with Crippen molar-refractivity contribution >= 4 is 29.4 Å². The molecular weight excluding hydrogens is 630 g/mol. The summed E-state index contributed by atoms with van der Waals surface area (Å²) < 4.78 is 11.8. The Morgan fingerprint density at radius 3 is 1.88 bits per heavy atom. The Morgan fingerprint density at radius 1 is 0.660 bits per heavy atom. The molecule has 9 nitrogen and oxygen atoms in total. The van der Waals surface area contributed by atoms with Crippen molar-refractivity contribution in [2.75, 3.05) is 17.2 Å². The van der Waals surface area contributed by atoms with Crippen molar-refractivity contribution in [2.45, 2.75) is 46.1 Å². The molecule has 0 atom stereocenters. The lowest BCUT2D eigenvalue weighted by Gasteiger charge is -2.35. The first-order valence-corrected chi connectivity index (χ1v) is 16.6. The van der Waals surface area contributed by atoms with Gasteiger partial charge < -0.3 is 9.47 Å². The van der Waals surface area contributed by atoms with E-state index in [-0.39, 0.29) is 37.7 Å². The second kappa shape index (κ2) is 16.9. The maximum absolute atomic E-state index is 14.2. The van der Waals surface area contributed by atoms with Gasteiger partial charge in [-0.1, -0.05) is 98.8 Å². The van der Waals surface area contributed by atoms with Gasteiger partial charge in [0, 0.05) is 30.8 Å². The predicted octanol–water partition coefficient (Wildman–Crippen LogP) is 7.98. The molecule has 1 aromatic heterocycles. The van der Waals surface area contributed by atoms with Crippen LogP contribution in [0.25, 0.3) is 22.3 Å². The summed E-state index contributed by atoms with van der Waals surface area (Å²) in [5.74, 6) is -1.65. The molecule has 5 rings (SSSR count). The van der Waals surface area contributed by atoms with E-state index in [9.17, 15) is 19.2 Å². The van der Waals surface area contributed by atoms with Crippen LogP contribution >= 0.6 is 0 Å². The van der Waals surface area contributed by atoms with Gasteiger partial charge in [0.25, 0.3) is 5.91 Å². The Labute approximate surface area is 292 Å². The fourth-order valence-corrected chi connectivity index (χ4v) is 5.36. The zero-order valence-electron chi connectivity index (χ0n) is 28.5. The van der Waals surface area contributed by atoms with E-state index in [1.54, 1.807) is 41.3 Å². The number of hydrogen-bond donors (Lipinski definition) is 0. The molecule has 0 bridgehead atoms. The third-order valence-corrected chi connectivity index (χ3v) is 8.13. The molecule has 0 unspecified atom stereocenters. The Kier molecular flexibility index (Phi) is 12.0. The normalized spacial score (nSPS) is 10.8. The molecule has 0 aliphatic carbocycles. The summed E-state index contributed by atoms with van der Waals surface area (Å²) in [6.07, 6.45) is 3.82. The molecule has 0 N–H and O–H groups in total. The molecule has 0 fully saturated rings. The minimum atomic E-state index is -0.533. The average Bonchev–Trinajstić information content (AvgIpc) is 3.64. The number of amides is 2. The lowest BCUT2D eigenvalue weighted by molar-refractivity contribution is -0.146. The van der Waals surface area contributed by atoms with Gasteiger partial charge in [0.15, 0.2) is 0 Å². The molecule has 0 saturated heterocycles. The summed E-state index contributed by atoms with van der Waals surface area (Å²) >= 11 is 0. The molecule has 256 valence electrons. The summed E-state index contributed by atoms with van der Waals surface area (Å²) in [6.45, 7) is 4.13. The number of rotatable bonds is 13. The largest absolute Gasteiger partial charge is 0.465 e. The summed E-state index contributed by atoms with van der Waals surface area (Å²) in [5, 5.41) is 2.56. The van der Waals surface area contributed by atoms with E-state index in [1.807, 2.05) is 92.7 Å². The summed E-state index contributed by atoms with van der Waals surface area (Å²) in [4.78, 5) is 53.1. The number of hydrogen-bond acceptors (Lipinski definition) is 6. The topological polar surface area (TPSA) is 98.2 Å². The van der Waals surface area contributed by atoms with E-state index < -0.39 is 17.8 Å². The van der Waals surface area contributed by atoms with Gasteiger partial charge in [0.05, 0.1) is 24.8 Å². The van der Waals surface area contributed by atoms with E-state index in [4.69, 9.17) is 9.47 Å². The molecule has 4 aromatic carbocycles. The molecule has 5 aromatic rings. The molecule has 2 amide bonds. The van der Waals surface area contributed by atoms with Crippen molar-refractivity contribution in [2.24, 2.45) is 5.92 Å². The van der Waals surface area contributed by atoms with Gasteiger partial charge in [-0.05, 0) is 64.9 Å². The zero-order chi connectivity index (χ0) is 35.5. The lowest BCUT2D eigenvalue weighted by atomic mass is 10.0. The van der Waals surface area contributed by atoms with Gasteiger partial charge in [-0.3, -0.25) is 14.4 Å². The van der Waals surface area contributed by atoms with Gasteiger partial charge in [0.1, 0.15) is 6.61 Å². The number of carbonyl (C=O) groups is 4. The fraction of sp³-hybridized carbons (Fsp3) is 0.220. The second-order valence-electron chi connectivity index (χ2n) is 12.2. The van der Waals surface area contributed by atoms with Crippen LogP contribution in [0, 0.1) is 5.92 Å². The van der Waals surface area contributed by atoms with Crippen molar-refractivity contribution < 1.29 is 28.7 Å². The van der Waals surface area contributed by atoms with Crippen LogP contribution in [0.5, 0.6) is 0 Å². The highest BCUT2D eigenvalue weighted by Crippen LogP contribution is 2.27. The van der Waals surface area contributed by atoms with Crippen LogP contribution in [-0.4, -0.2) is 35.5 Å². The SMILES string of the molecule is COC(=O)c1ccc(N(C(=O)CCC(C)C)N(C(=O)CCC(=O)OCc2ccccc2)n2ccc(-c3ccc(-c4ccccc4)cc3)c2)cc1. The molecule has 0 aliphatic rings. The van der Waals surface area contributed by atoms with E-state index in [1.165, 1.54) is 17.2 Å². The van der Waals surface area contributed by atoms with E-state index >= 15 is 0 Å². The van der Waals surface area contributed by atoms with Crippen molar-refractivity contribution in [1.29, 1.82) is 0 Å². The Balaban J connectivity index is 1.46. The van der Waals surface area contributed by atoms with Crippen LogP contribution in [0.3, 0.4) is 0 Å². The van der Waals surface area contributed by atoms with Gasteiger partial charge in [0.2, 0.25) is 5.91 Å². The van der Waals surface area contributed by atoms with Gasteiger partial charge in [-0.2, -0.15) is 5.01 Å². The smallest absolute Gasteiger partial charge is 0.337 e. The Morgan fingerprint density at radius 2 is 1.26 bits per heavy atom. The number of ether oxygens (including phenoxy) is 2. The van der Waals surface area contributed by atoms with Crippen molar-refractivity contribution in [3.8, 4) is 22.3 Å². The number of hydrazine groups is 1. The van der Waals surface area contributed by atoms with Gasteiger partial charge >= 0.3 is 11.9 Å². The minimum absolute atomic E-state index is 0.0912. The molecule has 0 saturated carbocycles. The Bertz CT molecular complexity index is 1880. The third-order valence-electron chi connectivity index (χ3n) is 8.13. The fourth-order valence-electron chi connectivity index (χ4n) is 5.36. The van der Waals surface area contributed by atoms with Gasteiger partial charge in [-0.15, -0.1) is 5.12 Å². The molecule has 50 heavy (non-hydrogen) atoms. The maximum atomic E-state index is 14.2. The van der Waals surface area contributed by atoms with Crippen LogP contribution in [0.1, 0.15) is 55.5 Å². The van der Waals surface area contributed by atoms with Crippen LogP contribution in [0.15, 0.2) is 128 Å². The standard InChI is InChI=1S/C41H41N3O6/c1-30(2)14-23-38(45)43(37-21-19-35(20-22-37)41(48)49-3)44(39(46)24-25-40(47)50-29-31-10-6-4-7-11-31)42-27-26-36(28-42)34-17-15-33(16-18-34)32-12-8-5-9-13-32/h4-13,15-22,26-28,30H,14,23-25,29H2,1-3H3. The zero-order valence-corrected chi connectivity index (χ0v) is 28.5. The second-order valence-corrected chi connectivity index (χ2v) is 12.2. The lowest BCUT2D eigenvalue weighted by Crippen LogP contribution is -2.56. The highest BCUT2D eigenvalue weighted by molar-refractivity contribution is 6.03. The first kappa shape index (κ1) is 35.3. The molecule has 1 heterocycles. The number of aromatic nitrogens is 1. The number of esters is 2. The first-order valence-electron chi connectivity index (χ1n) is 16.6. The summed E-state index contributed by atoms with van der Waals surface area (Å²) in [5.41, 5.74) is 5.41. The monoisotopic (exact) mass is 671 g/mol. The highest BCUT2D eigenvalue weighted by atomic mass is 16.5. The summed E-state index contributed by atoms with van der Waals surface area (Å²) in [6, 6.07) is 35.6. The minimum Gasteiger partial charge on any atom is -0.465 e. The Hall–Kier alpha value is -5.96. The third kappa shape index (κ3) is 9.14. The maximum Gasteiger partial charge on any atom is 0.337 e. The van der Waals surface area contributed by atoms with Gasteiger partial charge in [-0.25, -0.2) is 9.47 Å². The van der Waals surface area contributed by atoms with Crippen LogP contribution in [-0.2, 0) is 30.5 Å². The van der Waals surface area contributed by atoms with E-state index in [0.29, 0.717) is 17.7 Å². The number of nitrogens with zero attached hydrogens (tertiary/aromatic N) is 3. The highest BCUT2D eigenvalue weighted by Gasteiger charge is 2.30. The summed E-state index contributed by atoms with van der Waals surface area (Å²) in [7, 11) is 1.29. The van der Waals surface area contributed by atoms with Crippen molar-refractivity contribution in [1.82, 2.24) is 4.68 Å². The number of carbonyl (C=O) groups excluding carboxylic acids is 4. The van der Waals surface area contributed by atoms with Crippen molar-refractivity contribution in [3.05, 3.63) is 139 Å². The molecule has 9 heteroatoms. The molecule has 0 radical (unpaired) electrons. The van der Waals surface area contributed by atoms with E-state index in [0.717, 1.165) is 27.8 Å². The quantitative estimate of drug-likeness (QED) is 0.0930. The van der Waals surface area contributed by atoms with Crippen molar-refractivity contribution in [3.63, 3.8) is 0 Å². The molecular formula is C41H41N3O6. The number of methoxy groups -OCH3 is 1. The van der Waals surface area contributed by atoms with Crippen LogP contribution in [0.2, 0.25) is 0 Å². The predicted molar refractivity (Wildman–Crippen MR) is 193 cm³/mol. The van der Waals surface area contributed by atoms with E-state index in [2.05, 4.69) is 12.1 Å². The number of benzene rings is 4.